The van der Waals surface area contributed by atoms with Crippen molar-refractivity contribution in [3.63, 3.8) is 0 Å². The first-order valence-corrected chi connectivity index (χ1v) is 10.9. The maximum atomic E-state index is 13.5. The molecule has 0 spiro atoms. The van der Waals surface area contributed by atoms with Crippen molar-refractivity contribution in [1.82, 2.24) is 0 Å². The van der Waals surface area contributed by atoms with Gasteiger partial charge in [0.2, 0.25) is 0 Å². The fraction of sp³-hybridized carbons (Fsp3) is 0.870. The van der Waals surface area contributed by atoms with Crippen LogP contribution in [-0.2, 0) is 9.53 Å². The molecular weight excluding hydrogens is 308 g/mol. The molecule has 0 aliphatic heterocycles. The molecular formula is C23H32O2. The van der Waals surface area contributed by atoms with Gasteiger partial charge in [-0.3, -0.25) is 4.79 Å². The normalized spacial score (nSPS) is 62.8. The van der Waals surface area contributed by atoms with Crippen LogP contribution in [0, 0.1) is 64.6 Å². The number of ether oxygens (including phenoxy) is 1. The molecule has 6 bridgehead atoms. The zero-order chi connectivity index (χ0) is 17.1. The van der Waals surface area contributed by atoms with E-state index in [0.29, 0.717) is 23.7 Å². The second-order valence-electron chi connectivity index (χ2n) is 10.7. The standard InChI is InChI=1S/C23H32O2/c1-11-13-4-7-16(8-13)21(11)25-22(24)23(3)12(2)17-10-18(23)20-15-6-5-14(9-15)19(17)20/h5-6,11-21H,4,7-10H2,1-3H3. The van der Waals surface area contributed by atoms with Crippen molar-refractivity contribution in [3.05, 3.63) is 12.2 Å². The zero-order valence-corrected chi connectivity index (χ0v) is 15.9. The SMILES string of the molecule is CC1C2CCC(C2)C1OC(=O)C1(C)C(C)C2CC1C1C3C=CC(C3)C21. The predicted octanol–water partition coefficient (Wildman–Crippen LogP) is 4.69. The van der Waals surface area contributed by atoms with Crippen LogP contribution in [0.4, 0.5) is 0 Å². The summed E-state index contributed by atoms with van der Waals surface area (Å²) in [6.45, 7) is 6.96. The fourth-order valence-corrected chi connectivity index (χ4v) is 8.96. The Morgan fingerprint density at radius 3 is 2.44 bits per heavy atom. The van der Waals surface area contributed by atoms with Crippen LogP contribution in [0.3, 0.4) is 0 Å². The summed E-state index contributed by atoms with van der Waals surface area (Å²) in [6, 6.07) is 0. The van der Waals surface area contributed by atoms with Crippen LogP contribution in [0.5, 0.6) is 0 Å². The molecule has 0 aromatic rings. The molecule has 0 heterocycles. The van der Waals surface area contributed by atoms with Gasteiger partial charge in [-0.05, 0) is 98.2 Å². The molecule has 0 radical (unpaired) electrons. The Labute approximate surface area is 151 Å². The topological polar surface area (TPSA) is 26.3 Å². The lowest BCUT2D eigenvalue weighted by molar-refractivity contribution is -0.176. The molecule has 0 aromatic heterocycles. The minimum absolute atomic E-state index is 0.169. The maximum Gasteiger partial charge on any atom is 0.312 e. The number of esters is 1. The quantitative estimate of drug-likeness (QED) is 0.414. The van der Waals surface area contributed by atoms with Crippen molar-refractivity contribution in [1.29, 1.82) is 0 Å². The van der Waals surface area contributed by atoms with Gasteiger partial charge >= 0.3 is 5.97 Å². The van der Waals surface area contributed by atoms with E-state index in [1.807, 2.05) is 0 Å². The van der Waals surface area contributed by atoms with Crippen molar-refractivity contribution >= 4 is 5.97 Å². The van der Waals surface area contributed by atoms with E-state index in [1.54, 1.807) is 0 Å². The van der Waals surface area contributed by atoms with Crippen molar-refractivity contribution in [2.24, 2.45) is 64.6 Å². The molecule has 2 heteroatoms. The molecule has 0 saturated heterocycles. The largest absolute Gasteiger partial charge is 0.461 e. The molecule has 136 valence electrons. The van der Waals surface area contributed by atoms with Gasteiger partial charge in [0, 0.05) is 0 Å². The molecule has 6 rings (SSSR count). The Kier molecular flexibility index (Phi) is 2.89. The average Bonchev–Trinajstić information content (AvgIpc) is 3.38. The third-order valence-electron chi connectivity index (χ3n) is 10.3. The number of allylic oxidation sites excluding steroid dienone is 2. The smallest absolute Gasteiger partial charge is 0.312 e. The highest BCUT2D eigenvalue weighted by Crippen LogP contribution is 2.72. The summed E-state index contributed by atoms with van der Waals surface area (Å²) in [6.07, 6.45) is 11.8. The molecule has 6 aliphatic rings. The van der Waals surface area contributed by atoms with Crippen LogP contribution in [-0.4, -0.2) is 12.1 Å². The summed E-state index contributed by atoms with van der Waals surface area (Å²) >= 11 is 0. The minimum Gasteiger partial charge on any atom is -0.461 e. The summed E-state index contributed by atoms with van der Waals surface area (Å²) in [4.78, 5) is 13.5. The van der Waals surface area contributed by atoms with Gasteiger partial charge in [-0.25, -0.2) is 0 Å². The lowest BCUT2D eigenvalue weighted by Crippen LogP contribution is -2.49. The number of hydrogen-bond donors (Lipinski definition) is 0. The van der Waals surface area contributed by atoms with Crippen molar-refractivity contribution < 1.29 is 9.53 Å². The molecule has 5 fully saturated rings. The first-order chi connectivity index (χ1) is 12.0. The monoisotopic (exact) mass is 340 g/mol. The van der Waals surface area contributed by atoms with Crippen LogP contribution in [0.25, 0.3) is 0 Å². The molecule has 0 amide bonds. The van der Waals surface area contributed by atoms with Crippen LogP contribution in [0.15, 0.2) is 12.2 Å². The highest BCUT2D eigenvalue weighted by molar-refractivity contribution is 5.78. The lowest BCUT2D eigenvalue weighted by atomic mass is 9.58. The Balaban J connectivity index is 1.28. The molecule has 6 aliphatic carbocycles. The van der Waals surface area contributed by atoms with Gasteiger partial charge in [-0.1, -0.05) is 26.0 Å². The summed E-state index contributed by atoms with van der Waals surface area (Å²) in [5.41, 5.74) is -0.230. The van der Waals surface area contributed by atoms with Gasteiger partial charge in [0.05, 0.1) is 5.41 Å². The van der Waals surface area contributed by atoms with E-state index in [-0.39, 0.29) is 17.5 Å². The number of rotatable bonds is 2. The van der Waals surface area contributed by atoms with E-state index in [2.05, 4.69) is 32.9 Å². The summed E-state index contributed by atoms with van der Waals surface area (Å²) in [5, 5.41) is 0. The van der Waals surface area contributed by atoms with Crippen molar-refractivity contribution in [2.45, 2.75) is 59.0 Å². The molecule has 12 atom stereocenters. The highest BCUT2D eigenvalue weighted by Gasteiger charge is 2.70. The number of carbonyl (C=O) groups excluding carboxylic acids is 1. The average molecular weight is 341 g/mol. The Morgan fingerprint density at radius 2 is 1.72 bits per heavy atom. The third kappa shape index (κ3) is 1.66. The van der Waals surface area contributed by atoms with Gasteiger partial charge in [-0.15, -0.1) is 0 Å². The van der Waals surface area contributed by atoms with Crippen molar-refractivity contribution in [2.75, 3.05) is 0 Å². The Morgan fingerprint density at radius 1 is 1.00 bits per heavy atom. The van der Waals surface area contributed by atoms with E-state index in [0.717, 1.165) is 35.5 Å². The maximum absolute atomic E-state index is 13.5. The fourth-order valence-electron chi connectivity index (χ4n) is 8.96. The van der Waals surface area contributed by atoms with Crippen LogP contribution in [0.1, 0.15) is 52.9 Å². The highest BCUT2D eigenvalue weighted by atomic mass is 16.5. The minimum atomic E-state index is -0.230. The third-order valence-corrected chi connectivity index (χ3v) is 10.3. The molecule has 0 N–H and O–H groups in total. The van der Waals surface area contributed by atoms with Crippen LogP contribution >= 0.6 is 0 Å². The molecule has 25 heavy (non-hydrogen) atoms. The lowest BCUT2D eigenvalue weighted by Gasteiger charge is -2.46. The van der Waals surface area contributed by atoms with E-state index < -0.39 is 0 Å². The molecule has 0 aromatic carbocycles. The Bertz CT molecular complexity index is 650. The second-order valence-corrected chi connectivity index (χ2v) is 10.7. The number of fused-ring (bicyclic) bond motifs is 11. The second kappa shape index (κ2) is 4.73. The Hall–Kier alpha value is -0.790. The molecule has 5 saturated carbocycles. The summed E-state index contributed by atoms with van der Waals surface area (Å²) in [7, 11) is 0. The van der Waals surface area contributed by atoms with Gasteiger partial charge < -0.3 is 4.74 Å². The van der Waals surface area contributed by atoms with Crippen molar-refractivity contribution in [3.8, 4) is 0 Å². The van der Waals surface area contributed by atoms with Gasteiger partial charge in [0.25, 0.3) is 0 Å². The summed E-state index contributed by atoms with van der Waals surface area (Å²) in [5.74, 6) is 7.25. The van der Waals surface area contributed by atoms with E-state index in [1.165, 1.54) is 32.1 Å². The summed E-state index contributed by atoms with van der Waals surface area (Å²) < 4.78 is 6.34. The van der Waals surface area contributed by atoms with E-state index in [9.17, 15) is 4.79 Å². The predicted molar refractivity (Wildman–Crippen MR) is 96.5 cm³/mol. The van der Waals surface area contributed by atoms with Gasteiger partial charge in [0.15, 0.2) is 0 Å². The first kappa shape index (κ1) is 15.3. The number of carbonyl (C=O) groups is 1. The van der Waals surface area contributed by atoms with Gasteiger partial charge in [0.1, 0.15) is 6.10 Å². The zero-order valence-electron chi connectivity index (χ0n) is 15.9. The first-order valence-electron chi connectivity index (χ1n) is 10.9. The van der Waals surface area contributed by atoms with Crippen LogP contribution in [0.2, 0.25) is 0 Å². The van der Waals surface area contributed by atoms with E-state index >= 15 is 0 Å². The van der Waals surface area contributed by atoms with Gasteiger partial charge in [-0.2, -0.15) is 0 Å². The van der Waals surface area contributed by atoms with E-state index in [4.69, 9.17) is 4.74 Å². The van der Waals surface area contributed by atoms with Crippen LogP contribution < -0.4 is 0 Å². The molecule has 2 nitrogen and oxygen atoms in total. The molecule has 12 unspecified atom stereocenters. The number of hydrogen-bond acceptors (Lipinski definition) is 2.